The first-order valence-electron chi connectivity index (χ1n) is 12.8. The average Bonchev–Trinajstić information content (AvgIpc) is 3.66. The van der Waals surface area contributed by atoms with E-state index in [0.717, 1.165) is 66.6 Å². The summed E-state index contributed by atoms with van der Waals surface area (Å²) >= 11 is 1.73. The Bertz CT molecular complexity index is 1850. The maximum Gasteiger partial charge on any atom is 0.138 e. The molecule has 0 aliphatic rings. The Kier molecular flexibility index (Phi) is 7.17. The van der Waals surface area contributed by atoms with Gasteiger partial charge < -0.3 is 10.3 Å². The molecule has 5 aromatic rings. The molecular formula is C32H32N6S. The molecule has 0 aliphatic carbocycles. The van der Waals surface area contributed by atoms with E-state index in [1.807, 2.05) is 44.5 Å². The zero-order valence-corrected chi connectivity index (χ0v) is 23.5. The van der Waals surface area contributed by atoms with E-state index in [-0.39, 0.29) is 0 Å². The summed E-state index contributed by atoms with van der Waals surface area (Å²) in [7, 11) is 0. The van der Waals surface area contributed by atoms with Crippen molar-refractivity contribution in [3.8, 4) is 21.8 Å². The third-order valence-corrected chi connectivity index (χ3v) is 7.91. The Hall–Kier alpha value is -4.49. The van der Waals surface area contributed by atoms with E-state index in [9.17, 15) is 0 Å². The second-order valence-corrected chi connectivity index (χ2v) is 11.0. The van der Waals surface area contributed by atoms with Crippen LogP contribution in [0.15, 0.2) is 74.4 Å². The first-order chi connectivity index (χ1) is 18.7. The number of aromatic nitrogens is 5. The summed E-state index contributed by atoms with van der Waals surface area (Å²) in [5.41, 5.74) is 8.26. The summed E-state index contributed by atoms with van der Waals surface area (Å²) in [5.74, 6) is 0.318. The molecule has 0 saturated carbocycles. The van der Waals surface area contributed by atoms with Crippen molar-refractivity contribution in [1.29, 1.82) is 0 Å². The zero-order valence-electron chi connectivity index (χ0n) is 22.7. The van der Waals surface area contributed by atoms with Crippen LogP contribution in [0, 0.1) is 5.92 Å². The van der Waals surface area contributed by atoms with E-state index >= 15 is 0 Å². The summed E-state index contributed by atoms with van der Waals surface area (Å²) in [5, 5.41) is 14.1. The monoisotopic (exact) mass is 532 g/mol. The van der Waals surface area contributed by atoms with Crippen molar-refractivity contribution in [2.45, 2.75) is 27.7 Å². The van der Waals surface area contributed by atoms with Crippen LogP contribution in [0.5, 0.6) is 0 Å². The van der Waals surface area contributed by atoms with Crippen molar-refractivity contribution in [2.24, 2.45) is 5.92 Å². The lowest BCUT2D eigenvalue weighted by Gasteiger charge is -2.13. The van der Waals surface area contributed by atoms with Gasteiger partial charge in [-0.15, -0.1) is 11.3 Å². The largest absolute Gasteiger partial charge is 0.358 e. The van der Waals surface area contributed by atoms with E-state index < -0.39 is 0 Å². The third-order valence-electron chi connectivity index (χ3n) is 6.63. The second-order valence-electron chi connectivity index (χ2n) is 9.87. The molecular weight excluding hydrogens is 500 g/mol. The Labute approximate surface area is 232 Å². The molecule has 39 heavy (non-hydrogen) atoms. The maximum atomic E-state index is 4.67. The standard InChI is InChI=1S/C32H32N6S/c1-8-27-26(13-20(6)22-14-23(17-33-16-22)35-21(7)18(2)3)31(38-37-27)28-15-25-24(11-12-34-32(25)36-28)30-10-9-29(39-30)19(4)5/h8-18,35,37H,4,6-7H2,1-3,5H3,(H,34,36)/b26-13+,27-8+. The highest BCUT2D eigenvalue weighted by atomic mass is 32.1. The molecule has 0 radical (unpaired) electrons. The van der Waals surface area contributed by atoms with Gasteiger partial charge in [-0.3, -0.25) is 10.1 Å². The molecule has 0 saturated heterocycles. The molecule has 0 aromatic carbocycles. The van der Waals surface area contributed by atoms with Crippen LogP contribution in [-0.2, 0) is 0 Å². The van der Waals surface area contributed by atoms with Gasteiger partial charge in [0.05, 0.1) is 22.9 Å². The molecule has 0 aliphatic heterocycles. The number of allylic oxidation sites excluding steroid dienone is 3. The number of nitrogens with zero attached hydrogens (tertiary/aromatic N) is 3. The van der Waals surface area contributed by atoms with Gasteiger partial charge in [-0.25, -0.2) is 4.98 Å². The predicted octanol–water partition coefficient (Wildman–Crippen LogP) is 6.99. The summed E-state index contributed by atoms with van der Waals surface area (Å²) in [4.78, 5) is 14.9. The number of thiophene rings is 1. The Morgan fingerprint density at radius 1 is 1.10 bits per heavy atom. The molecule has 3 N–H and O–H groups in total. The van der Waals surface area contributed by atoms with Gasteiger partial charge in [0, 0.05) is 49.6 Å². The molecule has 5 heterocycles. The van der Waals surface area contributed by atoms with Gasteiger partial charge in [0.1, 0.15) is 11.3 Å². The highest BCUT2D eigenvalue weighted by Gasteiger charge is 2.15. The molecule has 0 atom stereocenters. The molecule has 0 bridgehead atoms. The van der Waals surface area contributed by atoms with E-state index in [0.29, 0.717) is 5.92 Å². The molecule has 6 nitrogen and oxygen atoms in total. The van der Waals surface area contributed by atoms with Crippen molar-refractivity contribution in [1.82, 2.24) is 25.1 Å². The van der Waals surface area contributed by atoms with Gasteiger partial charge in [-0.1, -0.05) is 39.7 Å². The minimum absolute atomic E-state index is 0.318. The number of aromatic amines is 2. The molecule has 5 rings (SSSR count). The van der Waals surface area contributed by atoms with Crippen molar-refractivity contribution >= 4 is 51.4 Å². The molecule has 0 unspecified atom stereocenters. The molecule has 0 spiro atoms. The van der Waals surface area contributed by atoms with Gasteiger partial charge in [0.15, 0.2) is 0 Å². The number of rotatable bonds is 8. The summed E-state index contributed by atoms with van der Waals surface area (Å²) in [6.07, 6.45) is 9.50. The van der Waals surface area contributed by atoms with Crippen LogP contribution < -0.4 is 15.9 Å². The normalized spacial score (nSPS) is 12.4. The number of pyridine rings is 2. The van der Waals surface area contributed by atoms with Crippen LogP contribution in [0.2, 0.25) is 0 Å². The highest BCUT2D eigenvalue weighted by Crippen LogP contribution is 2.36. The summed E-state index contributed by atoms with van der Waals surface area (Å²) in [6, 6.07) is 10.5. The van der Waals surface area contributed by atoms with Crippen molar-refractivity contribution in [3.63, 3.8) is 0 Å². The van der Waals surface area contributed by atoms with Crippen molar-refractivity contribution in [3.05, 3.63) is 95.4 Å². The average molecular weight is 533 g/mol. The third kappa shape index (κ3) is 5.26. The van der Waals surface area contributed by atoms with Crippen LogP contribution in [0.4, 0.5) is 5.69 Å². The van der Waals surface area contributed by atoms with Crippen LogP contribution in [0.1, 0.15) is 38.1 Å². The first-order valence-corrected chi connectivity index (χ1v) is 13.6. The van der Waals surface area contributed by atoms with Gasteiger partial charge >= 0.3 is 0 Å². The lowest BCUT2D eigenvalue weighted by molar-refractivity contribution is 0.778. The highest BCUT2D eigenvalue weighted by molar-refractivity contribution is 7.16. The Balaban J connectivity index is 1.56. The van der Waals surface area contributed by atoms with Gasteiger partial charge in [-0.05, 0) is 67.3 Å². The first kappa shape index (κ1) is 26.1. The molecule has 5 aromatic heterocycles. The summed E-state index contributed by atoms with van der Waals surface area (Å²) in [6.45, 7) is 20.8. The fourth-order valence-corrected chi connectivity index (χ4v) is 5.26. The number of hydrogen-bond acceptors (Lipinski definition) is 5. The topological polar surface area (TPSA) is 82.3 Å². The second kappa shape index (κ2) is 10.7. The summed E-state index contributed by atoms with van der Waals surface area (Å²) < 4.78 is 0. The fourth-order valence-electron chi connectivity index (χ4n) is 4.29. The fraction of sp³-hybridized carbons (Fsp3) is 0.156. The minimum atomic E-state index is 0.318. The number of anilines is 1. The van der Waals surface area contributed by atoms with Crippen molar-refractivity contribution < 1.29 is 0 Å². The number of fused-ring (bicyclic) bond motifs is 1. The number of nitrogens with one attached hydrogen (secondary N) is 3. The molecule has 0 amide bonds. The van der Waals surface area contributed by atoms with E-state index in [1.165, 1.54) is 9.75 Å². The van der Waals surface area contributed by atoms with Crippen LogP contribution >= 0.6 is 11.3 Å². The Morgan fingerprint density at radius 3 is 2.64 bits per heavy atom. The van der Waals surface area contributed by atoms with E-state index in [1.54, 1.807) is 17.5 Å². The van der Waals surface area contributed by atoms with Crippen LogP contribution in [0.25, 0.3) is 56.2 Å². The SMILES string of the molecule is C=C(/C=c1/c(-c2cc3c(-c4ccc(C(=C)C)s4)ccnc3[nH]2)n[nH]/c1=C/C)c1cncc(NC(=C)C(C)C)c1. The van der Waals surface area contributed by atoms with E-state index in [2.05, 4.69) is 88.3 Å². The molecule has 0 fully saturated rings. The Morgan fingerprint density at radius 2 is 1.92 bits per heavy atom. The van der Waals surface area contributed by atoms with Gasteiger partial charge in [0.25, 0.3) is 0 Å². The number of H-pyrrole nitrogens is 2. The maximum absolute atomic E-state index is 4.67. The van der Waals surface area contributed by atoms with E-state index in [4.69, 9.17) is 0 Å². The smallest absolute Gasteiger partial charge is 0.138 e. The minimum Gasteiger partial charge on any atom is -0.358 e. The zero-order chi connectivity index (χ0) is 27.7. The van der Waals surface area contributed by atoms with Crippen LogP contribution in [-0.4, -0.2) is 25.1 Å². The van der Waals surface area contributed by atoms with Gasteiger partial charge in [-0.2, -0.15) is 5.10 Å². The quantitative estimate of drug-likeness (QED) is 0.201. The van der Waals surface area contributed by atoms with Crippen LogP contribution in [0.3, 0.4) is 0 Å². The predicted molar refractivity (Wildman–Crippen MR) is 166 cm³/mol. The number of hydrogen-bond donors (Lipinski definition) is 3. The van der Waals surface area contributed by atoms with Gasteiger partial charge in [0.2, 0.25) is 0 Å². The molecule has 196 valence electrons. The lowest BCUT2D eigenvalue weighted by Crippen LogP contribution is -2.23. The lowest BCUT2D eigenvalue weighted by atomic mass is 10.1. The molecule has 7 heteroatoms. The van der Waals surface area contributed by atoms with Crippen molar-refractivity contribution in [2.75, 3.05) is 5.32 Å².